The quantitative estimate of drug-likeness (QED) is 0.793. The van der Waals surface area contributed by atoms with Crippen molar-refractivity contribution in [2.45, 2.75) is 29.7 Å². The van der Waals surface area contributed by atoms with Gasteiger partial charge in [-0.15, -0.1) is 11.6 Å². The van der Waals surface area contributed by atoms with Gasteiger partial charge in [0.1, 0.15) is 10.7 Å². The first-order valence-corrected chi connectivity index (χ1v) is 8.84. The first kappa shape index (κ1) is 16.7. The van der Waals surface area contributed by atoms with Crippen LogP contribution in [0.15, 0.2) is 23.1 Å². The zero-order chi connectivity index (χ0) is 15.6. The Kier molecular flexibility index (Phi) is 5.24. The third-order valence-electron chi connectivity index (χ3n) is 3.86. The second-order valence-corrected chi connectivity index (χ2v) is 7.69. The zero-order valence-corrected chi connectivity index (χ0v) is 13.8. The molecule has 1 heterocycles. The van der Waals surface area contributed by atoms with Crippen molar-refractivity contribution >= 4 is 21.6 Å². The lowest BCUT2D eigenvalue weighted by molar-refractivity contribution is 0.190. The summed E-state index contributed by atoms with van der Waals surface area (Å²) in [6, 6.07) is 4.16. The fourth-order valence-corrected chi connectivity index (χ4v) is 4.33. The highest BCUT2D eigenvalue weighted by atomic mass is 35.5. The first-order valence-electron chi connectivity index (χ1n) is 6.87. The van der Waals surface area contributed by atoms with Gasteiger partial charge in [0.05, 0.1) is 0 Å². The molecule has 118 valence electrons. The lowest BCUT2D eigenvalue weighted by Crippen LogP contribution is -2.47. The lowest BCUT2D eigenvalue weighted by Gasteiger charge is -2.35. The molecule has 1 aromatic rings. The molecule has 1 unspecified atom stereocenters. The standard InChI is InChI=1S/C14H20ClFN2O2S/c1-17(2)12-4-3-7-18(10-12)21(19,20)14-8-11(9-15)5-6-13(14)16/h5-6,8,12H,3-4,7,9-10H2,1-2H3. The lowest BCUT2D eigenvalue weighted by atomic mass is 10.1. The Bertz CT molecular complexity index is 607. The van der Waals surface area contributed by atoms with Crippen molar-refractivity contribution in [1.82, 2.24) is 9.21 Å². The molecule has 2 rings (SSSR count). The molecule has 1 atom stereocenters. The molecule has 0 amide bonds. The summed E-state index contributed by atoms with van der Waals surface area (Å²) in [6.45, 7) is 0.817. The molecule has 1 saturated heterocycles. The summed E-state index contributed by atoms with van der Waals surface area (Å²) in [6.07, 6.45) is 1.72. The molecule has 1 aromatic carbocycles. The van der Waals surface area contributed by atoms with Crippen LogP contribution in [0.1, 0.15) is 18.4 Å². The van der Waals surface area contributed by atoms with Gasteiger partial charge in [-0.3, -0.25) is 0 Å². The Morgan fingerprint density at radius 1 is 1.43 bits per heavy atom. The van der Waals surface area contributed by atoms with Crippen molar-refractivity contribution in [2.75, 3.05) is 27.2 Å². The Morgan fingerprint density at radius 3 is 2.76 bits per heavy atom. The Hall–Kier alpha value is -0.690. The van der Waals surface area contributed by atoms with Gasteiger partial charge in [0.25, 0.3) is 0 Å². The Balaban J connectivity index is 2.33. The molecular formula is C14H20ClFN2O2S. The number of rotatable bonds is 4. The third-order valence-corrected chi connectivity index (χ3v) is 6.05. The number of alkyl halides is 1. The van der Waals surface area contributed by atoms with E-state index in [0.29, 0.717) is 18.7 Å². The minimum Gasteiger partial charge on any atom is -0.305 e. The average Bonchev–Trinajstić information content (AvgIpc) is 2.47. The van der Waals surface area contributed by atoms with Crippen LogP contribution in [-0.2, 0) is 15.9 Å². The molecule has 1 aliphatic heterocycles. The van der Waals surface area contributed by atoms with Crippen molar-refractivity contribution in [3.8, 4) is 0 Å². The van der Waals surface area contributed by atoms with Gasteiger partial charge in [0.15, 0.2) is 0 Å². The van der Waals surface area contributed by atoms with Crippen LogP contribution in [0.4, 0.5) is 4.39 Å². The molecule has 0 radical (unpaired) electrons. The summed E-state index contributed by atoms with van der Waals surface area (Å²) in [5.74, 6) is -0.570. The van der Waals surface area contributed by atoms with Crippen LogP contribution in [0.5, 0.6) is 0 Å². The minimum absolute atomic E-state index is 0.156. The first-order chi connectivity index (χ1) is 9.86. The summed E-state index contributed by atoms with van der Waals surface area (Å²) in [5, 5.41) is 0. The predicted molar refractivity (Wildman–Crippen MR) is 81.4 cm³/mol. The summed E-state index contributed by atoms with van der Waals surface area (Å²) < 4.78 is 40.7. The smallest absolute Gasteiger partial charge is 0.246 e. The van der Waals surface area contributed by atoms with Gasteiger partial charge in [-0.1, -0.05) is 6.07 Å². The van der Waals surface area contributed by atoms with Crippen LogP contribution in [0.2, 0.25) is 0 Å². The zero-order valence-electron chi connectivity index (χ0n) is 12.2. The molecule has 7 heteroatoms. The van der Waals surface area contributed by atoms with Crippen LogP contribution in [0, 0.1) is 5.82 Å². The van der Waals surface area contributed by atoms with E-state index in [1.807, 2.05) is 19.0 Å². The van der Waals surface area contributed by atoms with E-state index >= 15 is 0 Å². The van der Waals surface area contributed by atoms with Crippen LogP contribution in [0.3, 0.4) is 0 Å². The molecule has 4 nitrogen and oxygen atoms in total. The maximum atomic E-state index is 14.0. The Morgan fingerprint density at radius 2 is 2.14 bits per heavy atom. The van der Waals surface area contributed by atoms with E-state index in [-0.39, 0.29) is 16.8 Å². The van der Waals surface area contributed by atoms with E-state index in [0.717, 1.165) is 18.9 Å². The SMILES string of the molecule is CN(C)C1CCCN(S(=O)(=O)c2cc(CCl)ccc2F)C1. The van der Waals surface area contributed by atoms with Crippen molar-refractivity contribution < 1.29 is 12.8 Å². The predicted octanol–water partition coefficient (Wildman–Crippen LogP) is 2.28. The maximum absolute atomic E-state index is 14.0. The number of hydrogen-bond donors (Lipinski definition) is 0. The number of piperidine rings is 1. The second-order valence-electron chi connectivity index (χ2n) is 5.52. The highest BCUT2D eigenvalue weighted by Crippen LogP contribution is 2.25. The normalized spacial score (nSPS) is 20.9. The van der Waals surface area contributed by atoms with Crippen molar-refractivity contribution in [1.29, 1.82) is 0 Å². The van der Waals surface area contributed by atoms with Crippen LogP contribution < -0.4 is 0 Å². The third kappa shape index (κ3) is 3.56. The van der Waals surface area contributed by atoms with E-state index in [9.17, 15) is 12.8 Å². The number of halogens is 2. The molecule has 0 aromatic heterocycles. The van der Waals surface area contributed by atoms with Gasteiger partial charge in [-0.25, -0.2) is 12.8 Å². The fourth-order valence-electron chi connectivity index (χ4n) is 2.53. The van der Waals surface area contributed by atoms with Gasteiger partial charge < -0.3 is 4.90 Å². The van der Waals surface area contributed by atoms with Gasteiger partial charge in [0, 0.05) is 25.0 Å². The largest absolute Gasteiger partial charge is 0.305 e. The monoisotopic (exact) mass is 334 g/mol. The second kappa shape index (κ2) is 6.60. The molecule has 1 fully saturated rings. The minimum atomic E-state index is -3.82. The molecule has 0 saturated carbocycles. The van der Waals surface area contributed by atoms with Crippen LogP contribution in [-0.4, -0.2) is 50.8 Å². The number of nitrogens with zero attached hydrogens (tertiary/aromatic N) is 2. The molecule has 0 aliphatic carbocycles. The molecule has 1 aliphatic rings. The van der Waals surface area contributed by atoms with E-state index in [1.165, 1.54) is 16.4 Å². The fraction of sp³-hybridized carbons (Fsp3) is 0.571. The van der Waals surface area contributed by atoms with Crippen LogP contribution >= 0.6 is 11.6 Å². The summed E-state index contributed by atoms with van der Waals surface area (Å²) in [5.41, 5.74) is 0.595. The van der Waals surface area contributed by atoms with Crippen LogP contribution in [0.25, 0.3) is 0 Å². The van der Waals surface area contributed by atoms with Gasteiger partial charge in [0.2, 0.25) is 10.0 Å². The van der Waals surface area contributed by atoms with E-state index in [1.54, 1.807) is 0 Å². The van der Waals surface area contributed by atoms with Crippen molar-refractivity contribution in [2.24, 2.45) is 0 Å². The molecule has 0 bridgehead atoms. The summed E-state index contributed by atoms with van der Waals surface area (Å²) in [7, 11) is 0.0334. The van der Waals surface area contributed by atoms with Crippen molar-refractivity contribution in [3.05, 3.63) is 29.6 Å². The van der Waals surface area contributed by atoms with Gasteiger partial charge in [-0.2, -0.15) is 4.31 Å². The average molecular weight is 335 g/mol. The van der Waals surface area contributed by atoms with E-state index < -0.39 is 15.8 Å². The van der Waals surface area contributed by atoms with Gasteiger partial charge in [-0.05, 0) is 44.6 Å². The maximum Gasteiger partial charge on any atom is 0.246 e. The summed E-state index contributed by atoms with van der Waals surface area (Å²) >= 11 is 5.71. The molecular weight excluding hydrogens is 315 g/mol. The highest BCUT2D eigenvalue weighted by Gasteiger charge is 2.32. The van der Waals surface area contributed by atoms with Crippen molar-refractivity contribution in [3.63, 3.8) is 0 Å². The molecule has 21 heavy (non-hydrogen) atoms. The topological polar surface area (TPSA) is 40.6 Å². The number of benzene rings is 1. The van der Waals surface area contributed by atoms with E-state index in [2.05, 4.69) is 0 Å². The number of hydrogen-bond acceptors (Lipinski definition) is 3. The molecule has 0 spiro atoms. The molecule has 0 N–H and O–H groups in total. The highest BCUT2D eigenvalue weighted by molar-refractivity contribution is 7.89. The number of likely N-dealkylation sites (N-methyl/N-ethyl adjacent to an activating group) is 1. The van der Waals surface area contributed by atoms with Gasteiger partial charge >= 0.3 is 0 Å². The summed E-state index contributed by atoms with van der Waals surface area (Å²) in [4.78, 5) is 1.73. The number of sulfonamides is 1. The van der Waals surface area contributed by atoms with E-state index in [4.69, 9.17) is 11.6 Å². The Labute approximate surface area is 130 Å².